The van der Waals surface area contributed by atoms with Gasteiger partial charge in [-0.05, 0) is 37.0 Å². The molecule has 1 atom stereocenters. The van der Waals surface area contributed by atoms with E-state index in [1.807, 2.05) is 11.0 Å². The van der Waals surface area contributed by atoms with Gasteiger partial charge in [0.2, 0.25) is 5.91 Å². The van der Waals surface area contributed by atoms with Crippen molar-refractivity contribution in [3.63, 3.8) is 0 Å². The van der Waals surface area contributed by atoms with E-state index in [-0.39, 0.29) is 36.4 Å². The van der Waals surface area contributed by atoms with Crippen LogP contribution in [0.2, 0.25) is 0 Å². The fourth-order valence-electron chi connectivity index (χ4n) is 4.54. The SMILES string of the molecule is CCC(CC)N1CCN(C(=O)CC2Cc3cc(OC)c(OC)cc3C2=O)CC1.Cl. The van der Waals surface area contributed by atoms with E-state index in [0.717, 1.165) is 44.6 Å². The number of methoxy groups -OCH3 is 2. The maximum absolute atomic E-state index is 12.8. The van der Waals surface area contributed by atoms with E-state index in [0.29, 0.717) is 29.5 Å². The third-order valence-electron chi connectivity index (χ3n) is 6.26. The lowest BCUT2D eigenvalue weighted by molar-refractivity contribution is -0.134. The molecular formula is C22H33ClN2O4. The minimum absolute atomic E-state index is 0. The average Bonchev–Trinajstić information content (AvgIpc) is 3.02. The smallest absolute Gasteiger partial charge is 0.223 e. The molecule has 6 nitrogen and oxygen atoms in total. The van der Waals surface area contributed by atoms with Crippen LogP contribution in [-0.2, 0) is 11.2 Å². The van der Waals surface area contributed by atoms with Gasteiger partial charge >= 0.3 is 0 Å². The number of ketones is 1. The molecule has 1 fully saturated rings. The molecule has 0 spiro atoms. The molecule has 1 aromatic carbocycles. The summed E-state index contributed by atoms with van der Waals surface area (Å²) in [6, 6.07) is 4.22. The molecule has 29 heavy (non-hydrogen) atoms. The number of hydrogen-bond donors (Lipinski definition) is 0. The molecule has 1 aliphatic carbocycles. The van der Waals surface area contributed by atoms with Gasteiger partial charge in [0.05, 0.1) is 14.2 Å². The number of carbonyl (C=O) groups is 2. The molecule has 0 N–H and O–H groups in total. The van der Waals surface area contributed by atoms with Crippen LogP contribution in [-0.4, -0.2) is 67.9 Å². The van der Waals surface area contributed by atoms with Crippen LogP contribution in [0.15, 0.2) is 12.1 Å². The highest BCUT2D eigenvalue weighted by Gasteiger charge is 2.35. The number of nitrogens with zero attached hydrogens (tertiary/aromatic N) is 2. The van der Waals surface area contributed by atoms with E-state index in [1.165, 1.54) is 0 Å². The highest BCUT2D eigenvalue weighted by molar-refractivity contribution is 6.04. The number of amides is 1. The second-order valence-corrected chi connectivity index (χ2v) is 7.72. The van der Waals surface area contributed by atoms with E-state index in [2.05, 4.69) is 18.7 Å². The second-order valence-electron chi connectivity index (χ2n) is 7.72. The summed E-state index contributed by atoms with van der Waals surface area (Å²) in [5.41, 5.74) is 1.60. The molecule has 0 radical (unpaired) electrons. The first kappa shape index (κ1) is 23.5. The minimum atomic E-state index is -0.281. The van der Waals surface area contributed by atoms with Crippen molar-refractivity contribution in [1.82, 2.24) is 9.80 Å². The number of carbonyl (C=O) groups excluding carboxylic acids is 2. The second kappa shape index (κ2) is 10.3. The van der Waals surface area contributed by atoms with Crippen LogP contribution in [0.4, 0.5) is 0 Å². The fourth-order valence-corrected chi connectivity index (χ4v) is 4.54. The van der Waals surface area contributed by atoms with Crippen LogP contribution < -0.4 is 9.47 Å². The van der Waals surface area contributed by atoms with Gasteiger partial charge in [0.25, 0.3) is 0 Å². The molecule has 162 valence electrons. The zero-order chi connectivity index (χ0) is 20.3. The van der Waals surface area contributed by atoms with Gasteiger partial charge in [-0.3, -0.25) is 14.5 Å². The van der Waals surface area contributed by atoms with Crippen molar-refractivity contribution in [2.45, 2.75) is 45.6 Å². The first-order chi connectivity index (χ1) is 13.5. The number of ether oxygens (including phenoxy) is 2. The van der Waals surface area contributed by atoms with Crippen LogP contribution in [0.25, 0.3) is 0 Å². The lowest BCUT2D eigenvalue weighted by atomic mass is 10.00. The first-order valence-electron chi connectivity index (χ1n) is 10.3. The zero-order valence-electron chi connectivity index (χ0n) is 17.9. The molecule has 2 aliphatic rings. The van der Waals surface area contributed by atoms with Gasteiger partial charge in [-0.25, -0.2) is 0 Å². The Morgan fingerprint density at radius 3 is 2.21 bits per heavy atom. The summed E-state index contributed by atoms with van der Waals surface area (Å²) < 4.78 is 10.7. The number of halogens is 1. The predicted molar refractivity (Wildman–Crippen MR) is 115 cm³/mol. The van der Waals surface area contributed by atoms with E-state index < -0.39 is 0 Å². The number of hydrogen-bond acceptors (Lipinski definition) is 5. The number of piperazine rings is 1. The lowest BCUT2D eigenvalue weighted by Crippen LogP contribution is -2.52. The van der Waals surface area contributed by atoms with Crippen molar-refractivity contribution >= 4 is 24.1 Å². The summed E-state index contributed by atoms with van der Waals surface area (Å²) >= 11 is 0. The van der Waals surface area contributed by atoms with Gasteiger partial charge in [0.15, 0.2) is 17.3 Å². The van der Waals surface area contributed by atoms with Gasteiger partial charge < -0.3 is 14.4 Å². The first-order valence-corrected chi connectivity index (χ1v) is 10.3. The van der Waals surface area contributed by atoms with Crippen molar-refractivity contribution in [2.24, 2.45) is 5.92 Å². The maximum Gasteiger partial charge on any atom is 0.223 e. The third kappa shape index (κ3) is 4.86. The van der Waals surface area contributed by atoms with Crippen LogP contribution in [0, 0.1) is 5.92 Å². The molecule has 3 rings (SSSR count). The Morgan fingerprint density at radius 2 is 1.66 bits per heavy atom. The average molecular weight is 425 g/mol. The van der Waals surface area contributed by atoms with E-state index in [4.69, 9.17) is 9.47 Å². The summed E-state index contributed by atoms with van der Waals surface area (Å²) in [6.45, 7) is 7.80. The zero-order valence-corrected chi connectivity index (χ0v) is 18.7. The Labute approximate surface area is 179 Å². The fraction of sp³-hybridized carbons (Fsp3) is 0.636. The highest BCUT2D eigenvalue weighted by Crippen LogP contribution is 2.37. The topological polar surface area (TPSA) is 59.1 Å². The van der Waals surface area contributed by atoms with Crippen molar-refractivity contribution in [3.05, 3.63) is 23.3 Å². The van der Waals surface area contributed by atoms with Crippen molar-refractivity contribution in [2.75, 3.05) is 40.4 Å². The quantitative estimate of drug-likeness (QED) is 0.672. The van der Waals surface area contributed by atoms with Crippen LogP contribution in [0.3, 0.4) is 0 Å². The molecule has 0 aromatic heterocycles. The number of rotatable bonds is 7. The Bertz CT molecular complexity index is 728. The summed E-state index contributed by atoms with van der Waals surface area (Å²) in [7, 11) is 3.15. The van der Waals surface area contributed by atoms with Gasteiger partial charge in [0.1, 0.15) is 0 Å². The standard InChI is InChI=1S/C22H32N2O4.ClH/c1-5-17(6-2)23-7-9-24(10-8-23)21(25)13-16-11-15-12-19(27-3)20(28-4)14-18(15)22(16)26;/h12,14,16-17H,5-11,13H2,1-4H3;1H. The van der Waals surface area contributed by atoms with Gasteiger partial charge in [-0.15, -0.1) is 12.4 Å². The van der Waals surface area contributed by atoms with Crippen LogP contribution in [0.5, 0.6) is 11.5 Å². The molecule has 0 bridgehead atoms. The van der Waals surface area contributed by atoms with Gasteiger partial charge in [-0.2, -0.15) is 0 Å². The van der Waals surface area contributed by atoms with E-state index >= 15 is 0 Å². The van der Waals surface area contributed by atoms with Crippen molar-refractivity contribution in [1.29, 1.82) is 0 Å². The van der Waals surface area contributed by atoms with Gasteiger partial charge in [0, 0.05) is 50.1 Å². The normalized spacial score (nSPS) is 19.1. The van der Waals surface area contributed by atoms with E-state index in [9.17, 15) is 9.59 Å². The number of fused-ring (bicyclic) bond motifs is 1. The minimum Gasteiger partial charge on any atom is -0.493 e. The lowest BCUT2D eigenvalue weighted by Gasteiger charge is -2.39. The van der Waals surface area contributed by atoms with Crippen molar-refractivity contribution in [3.8, 4) is 11.5 Å². The van der Waals surface area contributed by atoms with Gasteiger partial charge in [-0.1, -0.05) is 13.8 Å². The molecule has 7 heteroatoms. The molecule has 1 saturated heterocycles. The maximum atomic E-state index is 12.8. The number of Topliss-reactive ketones (excluding diaryl/α,β-unsaturated/α-hetero) is 1. The Balaban J connectivity index is 0.00000300. The monoisotopic (exact) mass is 424 g/mol. The summed E-state index contributed by atoms with van der Waals surface area (Å²) in [5, 5.41) is 0. The van der Waals surface area contributed by atoms with Crippen molar-refractivity contribution < 1.29 is 19.1 Å². The molecular weight excluding hydrogens is 392 g/mol. The van der Waals surface area contributed by atoms with Crippen LogP contribution >= 0.6 is 12.4 Å². The summed E-state index contributed by atoms with van der Waals surface area (Å²) in [4.78, 5) is 30.1. The Kier molecular flexibility index (Phi) is 8.34. The third-order valence-corrected chi connectivity index (χ3v) is 6.26. The summed E-state index contributed by atoms with van der Waals surface area (Å²) in [5.74, 6) is 1.03. The Morgan fingerprint density at radius 1 is 1.07 bits per heavy atom. The molecule has 1 heterocycles. The molecule has 1 aliphatic heterocycles. The molecule has 1 unspecified atom stereocenters. The Hall–Kier alpha value is -1.79. The molecule has 1 amide bonds. The highest BCUT2D eigenvalue weighted by atomic mass is 35.5. The predicted octanol–water partition coefficient (Wildman–Crippen LogP) is 3.20. The molecule has 0 saturated carbocycles. The van der Waals surface area contributed by atoms with Crippen LogP contribution in [0.1, 0.15) is 49.0 Å². The molecule has 1 aromatic rings. The number of benzene rings is 1. The largest absolute Gasteiger partial charge is 0.493 e. The summed E-state index contributed by atoms with van der Waals surface area (Å²) in [6.07, 6.45) is 3.16. The van der Waals surface area contributed by atoms with E-state index in [1.54, 1.807) is 20.3 Å².